The predicted molar refractivity (Wildman–Crippen MR) is 80.5 cm³/mol. The van der Waals surface area contributed by atoms with E-state index in [2.05, 4.69) is 15.5 Å². The standard InChI is InChI=1S/C15H14F4N4O2/c1-6(2)10-11(12(13(20)24)23-22-10)21-14(25)7-4-3-5-8(9(7)16)15(17,18)19/h3-6H,1-2H3,(H2,20,24)(H,21,25)(H,22,23). The number of nitrogens with one attached hydrogen (secondary N) is 2. The molecule has 134 valence electrons. The highest BCUT2D eigenvalue weighted by Crippen LogP contribution is 2.33. The molecule has 1 heterocycles. The zero-order valence-corrected chi connectivity index (χ0v) is 13.2. The Kier molecular flexibility index (Phi) is 4.82. The molecule has 0 unspecified atom stereocenters. The Morgan fingerprint density at radius 1 is 1.28 bits per heavy atom. The molecule has 0 aliphatic rings. The van der Waals surface area contributed by atoms with Crippen LogP contribution in [0.1, 0.15) is 51.9 Å². The molecule has 25 heavy (non-hydrogen) atoms. The van der Waals surface area contributed by atoms with E-state index >= 15 is 0 Å². The molecule has 0 saturated carbocycles. The first kappa shape index (κ1) is 18.4. The normalized spacial score (nSPS) is 11.6. The van der Waals surface area contributed by atoms with Gasteiger partial charge in [0, 0.05) is 0 Å². The van der Waals surface area contributed by atoms with Gasteiger partial charge in [-0.1, -0.05) is 19.9 Å². The number of H-pyrrole nitrogens is 1. The van der Waals surface area contributed by atoms with Crippen molar-refractivity contribution >= 4 is 17.5 Å². The van der Waals surface area contributed by atoms with Crippen LogP contribution >= 0.6 is 0 Å². The zero-order chi connectivity index (χ0) is 18.9. The summed E-state index contributed by atoms with van der Waals surface area (Å²) < 4.78 is 52.4. The minimum atomic E-state index is -4.95. The summed E-state index contributed by atoms with van der Waals surface area (Å²) in [5.41, 5.74) is 2.71. The Balaban J connectivity index is 2.45. The van der Waals surface area contributed by atoms with Gasteiger partial charge in [0.05, 0.1) is 22.5 Å². The van der Waals surface area contributed by atoms with Crippen molar-refractivity contribution in [2.45, 2.75) is 25.9 Å². The number of carbonyl (C=O) groups is 2. The number of aromatic amines is 1. The number of nitrogens with zero attached hydrogens (tertiary/aromatic N) is 1. The van der Waals surface area contributed by atoms with Gasteiger partial charge in [-0.25, -0.2) is 4.39 Å². The van der Waals surface area contributed by atoms with Gasteiger partial charge in [0.25, 0.3) is 11.8 Å². The largest absolute Gasteiger partial charge is 0.419 e. The maximum Gasteiger partial charge on any atom is 0.419 e. The lowest BCUT2D eigenvalue weighted by atomic mass is 10.1. The van der Waals surface area contributed by atoms with Crippen LogP contribution in [0.4, 0.5) is 23.2 Å². The molecular weight excluding hydrogens is 344 g/mol. The van der Waals surface area contributed by atoms with E-state index in [1.165, 1.54) is 0 Å². The van der Waals surface area contributed by atoms with Crippen molar-refractivity contribution in [2.75, 3.05) is 5.32 Å². The van der Waals surface area contributed by atoms with E-state index < -0.39 is 34.9 Å². The Hall–Kier alpha value is -2.91. The molecule has 0 saturated heterocycles. The van der Waals surface area contributed by atoms with Crippen LogP contribution in [0.15, 0.2) is 18.2 Å². The molecule has 0 radical (unpaired) electrons. The van der Waals surface area contributed by atoms with Crippen LogP contribution < -0.4 is 11.1 Å². The summed E-state index contributed by atoms with van der Waals surface area (Å²) in [4.78, 5) is 23.6. The highest BCUT2D eigenvalue weighted by molar-refractivity contribution is 6.08. The van der Waals surface area contributed by atoms with Crippen molar-refractivity contribution in [1.29, 1.82) is 0 Å². The molecule has 2 aromatic rings. The average molecular weight is 358 g/mol. The monoisotopic (exact) mass is 358 g/mol. The van der Waals surface area contributed by atoms with Crippen molar-refractivity contribution in [3.8, 4) is 0 Å². The van der Waals surface area contributed by atoms with E-state index in [1.807, 2.05) is 0 Å². The number of anilines is 1. The minimum absolute atomic E-state index is 0.0932. The number of alkyl halides is 3. The zero-order valence-electron chi connectivity index (χ0n) is 13.2. The molecule has 6 nitrogen and oxygen atoms in total. The summed E-state index contributed by atoms with van der Waals surface area (Å²) in [6.07, 6.45) is -4.95. The lowest BCUT2D eigenvalue weighted by molar-refractivity contribution is -0.140. The van der Waals surface area contributed by atoms with Gasteiger partial charge in [-0.3, -0.25) is 14.7 Å². The van der Waals surface area contributed by atoms with Crippen LogP contribution in [-0.2, 0) is 6.18 Å². The van der Waals surface area contributed by atoms with Gasteiger partial charge in [0.1, 0.15) is 5.82 Å². The van der Waals surface area contributed by atoms with Gasteiger partial charge in [0.2, 0.25) is 0 Å². The van der Waals surface area contributed by atoms with Gasteiger partial charge in [0.15, 0.2) is 5.69 Å². The van der Waals surface area contributed by atoms with Crippen molar-refractivity contribution in [3.05, 3.63) is 46.5 Å². The SMILES string of the molecule is CC(C)c1[nH]nc(C(N)=O)c1NC(=O)c1cccc(C(F)(F)F)c1F. The Labute approximate surface area is 139 Å². The Morgan fingerprint density at radius 3 is 2.44 bits per heavy atom. The highest BCUT2D eigenvalue weighted by Gasteiger charge is 2.36. The fraction of sp³-hybridized carbons (Fsp3) is 0.267. The molecule has 0 bridgehead atoms. The fourth-order valence-corrected chi connectivity index (χ4v) is 2.19. The topological polar surface area (TPSA) is 101 Å². The van der Waals surface area contributed by atoms with Crippen molar-refractivity contribution in [1.82, 2.24) is 10.2 Å². The third-order valence-corrected chi connectivity index (χ3v) is 3.39. The molecular formula is C15H14F4N4O2. The maximum absolute atomic E-state index is 14.1. The molecule has 0 fully saturated rings. The summed E-state index contributed by atoms with van der Waals surface area (Å²) in [7, 11) is 0. The average Bonchev–Trinajstić information content (AvgIpc) is 2.90. The second-order valence-electron chi connectivity index (χ2n) is 5.50. The van der Waals surface area contributed by atoms with E-state index in [4.69, 9.17) is 5.73 Å². The van der Waals surface area contributed by atoms with Gasteiger partial charge in [-0.15, -0.1) is 0 Å². The summed E-state index contributed by atoms with van der Waals surface area (Å²) in [6.45, 7) is 3.44. The molecule has 0 spiro atoms. The molecule has 0 atom stereocenters. The Bertz CT molecular complexity index is 827. The van der Waals surface area contributed by atoms with E-state index in [0.29, 0.717) is 11.8 Å². The fourth-order valence-electron chi connectivity index (χ4n) is 2.19. The van der Waals surface area contributed by atoms with Gasteiger partial charge >= 0.3 is 6.18 Å². The first-order valence-electron chi connectivity index (χ1n) is 7.09. The maximum atomic E-state index is 14.1. The quantitative estimate of drug-likeness (QED) is 0.732. The van der Waals surface area contributed by atoms with Gasteiger partial charge in [-0.05, 0) is 18.1 Å². The summed E-state index contributed by atoms with van der Waals surface area (Å²) >= 11 is 0. The van der Waals surface area contributed by atoms with Crippen molar-refractivity contribution in [3.63, 3.8) is 0 Å². The van der Waals surface area contributed by atoms with Crippen LogP contribution in [0, 0.1) is 5.82 Å². The number of amides is 2. The smallest absolute Gasteiger partial charge is 0.364 e. The van der Waals surface area contributed by atoms with Gasteiger partial charge in [-0.2, -0.15) is 18.3 Å². The molecule has 10 heteroatoms. The van der Waals surface area contributed by atoms with E-state index in [9.17, 15) is 27.2 Å². The second kappa shape index (κ2) is 6.54. The van der Waals surface area contributed by atoms with Crippen molar-refractivity contribution < 1.29 is 27.2 Å². The number of nitrogens with two attached hydrogens (primary N) is 1. The molecule has 1 aromatic carbocycles. The van der Waals surface area contributed by atoms with E-state index in [-0.39, 0.29) is 17.3 Å². The molecule has 0 aliphatic heterocycles. The molecule has 2 rings (SSSR count). The molecule has 4 N–H and O–H groups in total. The van der Waals surface area contributed by atoms with Crippen LogP contribution in [0.2, 0.25) is 0 Å². The van der Waals surface area contributed by atoms with Crippen molar-refractivity contribution in [2.24, 2.45) is 5.73 Å². The Morgan fingerprint density at radius 2 is 1.92 bits per heavy atom. The number of aromatic nitrogens is 2. The number of hydrogen-bond donors (Lipinski definition) is 3. The number of hydrogen-bond acceptors (Lipinski definition) is 3. The molecule has 0 aliphatic carbocycles. The van der Waals surface area contributed by atoms with E-state index in [0.717, 1.165) is 12.1 Å². The van der Waals surface area contributed by atoms with E-state index in [1.54, 1.807) is 13.8 Å². The number of rotatable bonds is 4. The molecule has 2 amide bonds. The first-order valence-corrected chi connectivity index (χ1v) is 7.09. The first-order chi connectivity index (χ1) is 11.5. The summed E-state index contributed by atoms with van der Waals surface area (Å²) in [5.74, 6) is -4.04. The van der Waals surface area contributed by atoms with Crippen LogP contribution in [0.25, 0.3) is 0 Å². The second-order valence-corrected chi connectivity index (χ2v) is 5.50. The van der Waals surface area contributed by atoms with Crippen LogP contribution in [-0.4, -0.2) is 22.0 Å². The number of carbonyl (C=O) groups excluding carboxylic acids is 2. The van der Waals surface area contributed by atoms with Gasteiger partial charge < -0.3 is 11.1 Å². The highest BCUT2D eigenvalue weighted by atomic mass is 19.4. The van der Waals surface area contributed by atoms with Crippen LogP contribution in [0.5, 0.6) is 0 Å². The third-order valence-electron chi connectivity index (χ3n) is 3.39. The predicted octanol–water partition coefficient (Wildman–Crippen LogP) is 3.04. The summed E-state index contributed by atoms with van der Waals surface area (Å²) in [5, 5.41) is 8.41. The molecule has 1 aromatic heterocycles. The number of benzene rings is 1. The summed E-state index contributed by atoms with van der Waals surface area (Å²) in [6, 6.07) is 2.34. The number of halogens is 4. The minimum Gasteiger partial charge on any atom is -0.364 e. The third kappa shape index (κ3) is 3.62. The lowest BCUT2D eigenvalue weighted by Crippen LogP contribution is -2.21. The van der Waals surface area contributed by atoms with Crippen LogP contribution in [0.3, 0.4) is 0 Å². The lowest BCUT2D eigenvalue weighted by Gasteiger charge is -2.12. The number of primary amides is 1.